The topological polar surface area (TPSA) is 26.0 Å². The predicted octanol–water partition coefficient (Wildman–Crippen LogP) is 4.00. The van der Waals surface area contributed by atoms with E-state index in [1.807, 2.05) is 0 Å². The Labute approximate surface area is 110 Å². The van der Waals surface area contributed by atoms with Crippen LogP contribution in [0.3, 0.4) is 0 Å². The molecule has 18 heavy (non-hydrogen) atoms. The van der Waals surface area contributed by atoms with Crippen molar-refractivity contribution in [2.45, 2.75) is 27.2 Å². The maximum Gasteiger partial charge on any atom is -0.00175 e. The fraction of sp³-hybridized carbons (Fsp3) is 0.412. The average molecular weight is 241 g/mol. The Hall–Kier alpha value is -1.34. The van der Waals surface area contributed by atoms with E-state index in [4.69, 9.17) is 5.73 Å². The summed E-state index contributed by atoms with van der Waals surface area (Å²) in [5.41, 5.74) is 7.58. The zero-order valence-electron chi connectivity index (χ0n) is 11.6. The van der Waals surface area contributed by atoms with Crippen LogP contribution >= 0.6 is 0 Å². The third kappa shape index (κ3) is 2.41. The van der Waals surface area contributed by atoms with E-state index in [9.17, 15) is 0 Å². The van der Waals surface area contributed by atoms with Gasteiger partial charge >= 0.3 is 0 Å². The van der Waals surface area contributed by atoms with Crippen LogP contribution in [-0.4, -0.2) is 6.54 Å². The molecule has 1 unspecified atom stereocenters. The first kappa shape index (κ1) is 13.1. The number of hydrogen-bond donors (Lipinski definition) is 1. The Morgan fingerprint density at radius 3 is 2.39 bits per heavy atom. The van der Waals surface area contributed by atoms with Crippen LogP contribution in [0.1, 0.15) is 26.3 Å². The van der Waals surface area contributed by atoms with Crippen molar-refractivity contribution in [1.82, 2.24) is 0 Å². The Kier molecular flexibility index (Phi) is 3.72. The van der Waals surface area contributed by atoms with Crippen LogP contribution in [0.2, 0.25) is 0 Å². The van der Waals surface area contributed by atoms with Gasteiger partial charge in [0.25, 0.3) is 0 Å². The lowest BCUT2D eigenvalue weighted by molar-refractivity contribution is 0.228. The van der Waals surface area contributed by atoms with Gasteiger partial charge in [-0.15, -0.1) is 0 Å². The standard InChI is InChI=1S/C17H23N/c1-13(2)17(3,12-18)11-15-9-6-8-14-7-4-5-10-16(14)15/h4-10,13H,11-12,18H2,1-3H3. The molecule has 0 aromatic heterocycles. The molecule has 1 heteroatoms. The summed E-state index contributed by atoms with van der Waals surface area (Å²) in [5, 5.41) is 2.68. The van der Waals surface area contributed by atoms with Crippen LogP contribution in [0.25, 0.3) is 10.8 Å². The molecule has 0 saturated heterocycles. The lowest BCUT2D eigenvalue weighted by Gasteiger charge is -2.33. The van der Waals surface area contributed by atoms with E-state index in [1.54, 1.807) is 0 Å². The molecule has 2 rings (SSSR count). The quantitative estimate of drug-likeness (QED) is 0.860. The summed E-state index contributed by atoms with van der Waals surface area (Å²) in [7, 11) is 0. The normalized spacial score (nSPS) is 14.9. The zero-order valence-corrected chi connectivity index (χ0v) is 11.6. The second kappa shape index (κ2) is 5.11. The minimum Gasteiger partial charge on any atom is -0.330 e. The van der Waals surface area contributed by atoms with Crippen molar-refractivity contribution in [1.29, 1.82) is 0 Å². The van der Waals surface area contributed by atoms with Crippen molar-refractivity contribution in [3.63, 3.8) is 0 Å². The highest BCUT2D eigenvalue weighted by molar-refractivity contribution is 5.85. The SMILES string of the molecule is CC(C)C(C)(CN)Cc1cccc2ccccc12. The van der Waals surface area contributed by atoms with Crippen molar-refractivity contribution in [2.75, 3.05) is 6.54 Å². The highest BCUT2D eigenvalue weighted by Gasteiger charge is 2.27. The molecule has 1 atom stereocenters. The van der Waals surface area contributed by atoms with Crippen molar-refractivity contribution in [2.24, 2.45) is 17.1 Å². The molecule has 0 spiro atoms. The first-order chi connectivity index (χ1) is 8.57. The third-order valence-corrected chi connectivity index (χ3v) is 4.33. The molecule has 0 aliphatic rings. The van der Waals surface area contributed by atoms with Crippen molar-refractivity contribution in [3.05, 3.63) is 48.0 Å². The molecular weight excluding hydrogens is 218 g/mol. The number of hydrogen-bond acceptors (Lipinski definition) is 1. The van der Waals surface area contributed by atoms with E-state index in [2.05, 4.69) is 63.2 Å². The van der Waals surface area contributed by atoms with E-state index < -0.39 is 0 Å². The van der Waals surface area contributed by atoms with Crippen molar-refractivity contribution >= 4 is 10.8 Å². The van der Waals surface area contributed by atoms with Crippen LogP contribution in [-0.2, 0) is 6.42 Å². The molecule has 0 heterocycles. The van der Waals surface area contributed by atoms with E-state index in [1.165, 1.54) is 16.3 Å². The summed E-state index contributed by atoms with van der Waals surface area (Å²) in [4.78, 5) is 0. The number of nitrogens with two attached hydrogens (primary N) is 1. The lowest BCUT2D eigenvalue weighted by atomic mass is 9.74. The molecule has 0 fully saturated rings. The number of benzene rings is 2. The van der Waals surface area contributed by atoms with Crippen molar-refractivity contribution < 1.29 is 0 Å². The van der Waals surface area contributed by atoms with Crippen LogP contribution in [0.5, 0.6) is 0 Å². The molecule has 0 amide bonds. The molecule has 1 nitrogen and oxygen atoms in total. The summed E-state index contributed by atoms with van der Waals surface area (Å²) in [6, 6.07) is 15.1. The smallest absolute Gasteiger partial charge is 0.00175 e. The summed E-state index contributed by atoms with van der Waals surface area (Å²) < 4.78 is 0. The first-order valence-electron chi connectivity index (χ1n) is 6.73. The van der Waals surface area contributed by atoms with Crippen molar-refractivity contribution in [3.8, 4) is 0 Å². The maximum atomic E-state index is 6.00. The van der Waals surface area contributed by atoms with Crippen LogP contribution in [0.15, 0.2) is 42.5 Å². The van der Waals surface area contributed by atoms with E-state index in [0.717, 1.165) is 13.0 Å². The summed E-state index contributed by atoms with van der Waals surface area (Å²) in [6.45, 7) is 7.54. The van der Waals surface area contributed by atoms with Gasteiger partial charge in [-0.1, -0.05) is 63.2 Å². The molecule has 2 aromatic rings. The molecule has 0 aliphatic heterocycles. The van der Waals surface area contributed by atoms with Gasteiger partial charge in [-0.05, 0) is 40.6 Å². The van der Waals surface area contributed by atoms with E-state index in [0.29, 0.717) is 5.92 Å². The number of rotatable bonds is 4. The monoisotopic (exact) mass is 241 g/mol. The highest BCUT2D eigenvalue weighted by atomic mass is 14.6. The van der Waals surface area contributed by atoms with Gasteiger partial charge in [-0.3, -0.25) is 0 Å². The largest absolute Gasteiger partial charge is 0.330 e. The first-order valence-corrected chi connectivity index (χ1v) is 6.73. The fourth-order valence-electron chi connectivity index (χ4n) is 2.39. The zero-order chi connectivity index (χ0) is 13.2. The molecule has 0 aliphatic carbocycles. The number of fused-ring (bicyclic) bond motifs is 1. The molecule has 2 aromatic carbocycles. The van der Waals surface area contributed by atoms with Gasteiger partial charge in [0.15, 0.2) is 0 Å². The molecule has 0 radical (unpaired) electrons. The molecule has 0 bridgehead atoms. The fourth-order valence-corrected chi connectivity index (χ4v) is 2.39. The minimum atomic E-state index is 0.171. The Bertz CT molecular complexity index is 525. The Morgan fingerprint density at radius 1 is 1.06 bits per heavy atom. The minimum absolute atomic E-state index is 0.171. The average Bonchev–Trinajstić information content (AvgIpc) is 2.39. The van der Waals surface area contributed by atoms with Gasteiger partial charge in [0.2, 0.25) is 0 Å². The van der Waals surface area contributed by atoms with Crippen LogP contribution in [0.4, 0.5) is 0 Å². The van der Waals surface area contributed by atoms with E-state index >= 15 is 0 Å². The maximum absolute atomic E-state index is 6.00. The van der Waals surface area contributed by atoms with Gasteiger partial charge in [-0.25, -0.2) is 0 Å². The molecule has 0 saturated carbocycles. The second-order valence-electron chi connectivity index (χ2n) is 5.83. The summed E-state index contributed by atoms with van der Waals surface area (Å²) in [5.74, 6) is 0.585. The lowest BCUT2D eigenvalue weighted by Crippen LogP contribution is -2.34. The van der Waals surface area contributed by atoms with Gasteiger partial charge < -0.3 is 5.73 Å². The Balaban J connectivity index is 2.43. The van der Waals surface area contributed by atoms with Gasteiger partial charge in [0.1, 0.15) is 0 Å². The molecule has 96 valence electrons. The van der Waals surface area contributed by atoms with Gasteiger partial charge in [-0.2, -0.15) is 0 Å². The summed E-state index contributed by atoms with van der Waals surface area (Å²) in [6.07, 6.45) is 1.04. The molecule has 2 N–H and O–H groups in total. The Morgan fingerprint density at radius 2 is 1.72 bits per heavy atom. The highest BCUT2D eigenvalue weighted by Crippen LogP contribution is 2.32. The van der Waals surface area contributed by atoms with Gasteiger partial charge in [0.05, 0.1) is 0 Å². The predicted molar refractivity (Wildman–Crippen MR) is 79.7 cm³/mol. The second-order valence-corrected chi connectivity index (χ2v) is 5.83. The van der Waals surface area contributed by atoms with Crippen LogP contribution < -0.4 is 5.73 Å². The van der Waals surface area contributed by atoms with Crippen LogP contribution in [0, 0.1) is 11.3 Å². The third-order valence-electron chi connectivity index (χ3n) is 4.33. The van der Waals surface area contributed by atoms with E-state index in [-0.39, 0.29) is 5.41 Å². The van der Waals surface area contributed by atoms with Gasteiger partial charge in [0, 0.05) is 0 Å². The molecular formula is C17H23N. The summed E-state index contributed by atoms with van der Waals surface area (Å²) >= 11 is 0.